The Morgan fingerprint density at radius 2 is 2.07 bits per heavy atom. The zero-order valence-corrected chi connectivity index (χ0v) is 14.4. The molecule has 1 N–H and O–H groups in total. The normalized spacial score (nSPS) is 13.7. The Morgan fingerprint density at radius 1 is 1.22 bits per heavy atom. The third-order valence-corrected chi connectivity index (χ3v) is 4.07. The van der Waals surface area contributed by atoms with Gasteiger partial charge in [0.1, 0.15) is 12.4 Å². The number of fused-ring (bicyclic) bond motifs is 1. The average Bonchev–Trinajstić information content (AvgIpc) is 3.08. The van der Waals surface area contributed by atoms with Crippen molar-refractivity contribution in [1.29, 1.82) is 0 Å². The quantitative estimate of drug-likeness (QED) is 0.705. The molecular formula is C18H17N5O4. The summed E-state index contributed by atoms with van der Waals surface area (Å²) in [4.78, 5) is 33.8. The van der Waals surface area contributed by atoms with Crippen molar-refractivity contribution >= 4 is 23.5 Å². The lowest BCUT2D eigenvalue weighted by molar-refractivity contribution is 0.154. The second-order valence-corrected chi connectivity index (χ2v) is 5.96. The molecule has 138 valence electrons. The van der Waals surface area contributed by atoms with E-state index in [1.54, 1.807) is 6.07 Å². The predicted octanol–water partition coefficient (Wildman–Crippen LogP) is 2.20. The lowest BCUT2D eigenvalue weighted by Gasteiger charge is -2.24. The second-order valence-electron chi connectivity index (χ2n) is 5.96. The summed E-state index contributed by atoms with van der Waals surface area (Å²) in [7, 11) is 0. The summed E-state index contributed by atoms with van der Waals surface area (Å²) >= 11 is 0. The van der Waals surface area contributed by atoms with Gasteiger partial charge in [-0.3, -0.25) is 5.32 Å². The van der Waals surface area contributed by atoms with E-state index in [1.165, 1.54) is 0 Å². The summed E-state index contributed by atoms with van der Waals surface area (Å²) in [6, 6.07) is 10.9. The summed E-state index contributed by atoms with van der Waals surface area (Å²) < 4.78 is 11.3. The van der Waals surface area contributed by atoms with E-state index in [-0.39, 0.29) is 18.2 Å². The van der Waals surface area contributed by atoms with Gasteiger partial charge >= 0.3 is 11.8 Å². The monoisotopic (exact) mass is 367 g/mol. The van der Waals surface area contributed by atoms with Crippen LogP contribution < -0.4 is 16.0 Å². The first kappa shape index (κ1) is 16.8. The molecule has 0 saturated carbocycles. The number of ether oxygens (including phenoxy) is 1. The van der Waals surface area contributed by atoms with Crippen molar-refractivity contribution in [3.63, 3.8) is 0 Å². The number of nitrogens with one attached hydrogen (secondary N) is 1. The van der Waals surface area contributed by atoms with Gasteiger partial charge in [0, 0.05) is 19.2 Å². The number of carbonyl (C=O) groups excluding carboxylic acids is 1. The van der Waals surface area contributed by atoms with Crippen LogP contribution in [0.4, 0.5) is 16.4 Å². The predicted molar refractivity (Wildman–Crippen MR) is 97.7 cm³/mol. The van der Waals surface area contributed by atoms with E-state index in [9.17, 15) is 9.59 Å². The molecule has 2 aromatic heterocycles. The zero-order valence-electron chi connectivity index (χ0n) is 14.4. The smallest absolute Gasteiger partial charge is 0.444 e. The van der Waals surface area contributed by atoms with Gasteiger partial charge in [0.05, 0.1) is 0 Å². The molecule has 0 fully saturated rings. The molecule has 1 aliphatic rings. The molecule has 0 radical (unpaired) electrons. The maximum absolute atomic E-state index is 12.2. The van der Waals surface area contributed by atoms with Crippen LogP contribution >= 0.6 is 0 Å². The van der Waals surface area contributed by atoms with Crippen molar-refractivity contribution in [2.24, 2.45) is 0 Å². The third-order valence-electron chi connectivity index (χ3n) is 4.07. The van der Waals surface area contributed by atoms with Gasteiger partial charge in [-0.25, -0.2) is 9.59 Å². The van der Waals surface area contributed by atoms with E-state index in [4.69, 9.17) is 9.26 Å². The fourth-order valence-corrected chi connectivity index (χ4v) is 2.77. The molecule has 9 heteroatoms. The molecule has 9 nitrogen and oxygen atoms in total. The summed E-state index contributed by atoms with van der Waals surface area (Å²) in [6.45, 7) is 1.58. The number of rotatable bonds is 4. The Balaban J connectivity index is 1.56. The van der Waals surface area contributed by atoms with Crippen LogP contribution in [0.1, 0.15) is 12.0 Å². The number of aromatic nitrogens is 3. The Morgan fingerprint density at radius 3 is 2.85 bits per heavy atom. The highest BCUT2D eigenvalue weighted by Gasteiger charge is 2.17. The summed E-state index contributed by atoms with van der Waals surface area (Å²) in [5.74, 6) is 0.0903. The van der Waals surface area contributed by atoms with E-state index in [1.807, 2.05) is 41.3 Å². The van der Waals surface area contributed by atoms with Gasteiger partial charge in [0.2, 0.25) is 0 Å². The van der Waals surface area contributed by atoms with Gasteiger partial charge in [0.15, 0.2) is 5.82 Å². The van der Waals surface area contributed by atoms with Crippen LogP contribution in [-0.4, -0.2) is 33.7 Å². The van der Waals surface area contributed by atoms with Crippen LogP contribution in [0.15, 0.2) is 57.9 Å². The van der Waals surface area contributed by atoms with E-state index in [0.29, 0.717) is 12.4 Å². The molecular weight excluding hydrogens is 350 g/mol. The highest BCUT2D eigenvalue weighted by Crippen LogP contribution is 2.20. The fraction of sp³-hybridized carbons (Fsp3) is 0.222. The number of hydrogen-bond donors (Lipinski definition) is 1. The Bertz CT molecular complexity index is 1040. The van der Waals surface area contributed by atoms with Crippen LogP contribution in [0.3, 0.4) is 0 Å². The number of nitrogens with zero attached hydrogens (tertiary/aromatic N) is 4. The van der Waals surface area contributed by atoms with E-state index in [0.717, 1.165) is 23.1 Å². The van der Waals surface area contributed by atoms with Crippen LogP contribution in [0.5, 0.6) is 0 Å². The number of carbonyl (C=O) groups is 1. The van der Waals surface area contributed by atoms with Crippen molar-refractivity contribution < 1.29 is 14.1 Å². The van der Waals surface area contributed by atoms with E-state index in [2.05, 4.69) is 21.4 Å². The first-order chi connectivity index (χ1) is 13.2. The molecule has 1 amide bonds. The molecule has 0 saturated heterocycles. The molecule has 0 bridgehead atoms. The van der Waals surface area contributed by atoms with E-state index < -0.39 is 11.8 Å². The van der Waals surface area contributed by atoms with Crippen molar-refractivity contribution in [3.05, 3.63) is 64.7 Å². The van der Waals surface area contributed by atoms with Crippen LogP contribution in [0, 0.1) is 0 Å². The van der Waals surface area contributed by atoms with Crippen molar-refractivity contribution in [2.75, 3.05) is 23.3 Å². The average molecular weight is 367 g/mol. The van der Waals surface area contributed by atoms with Gasteiger partial charge in [-0.1, -0.05) is 42.5 Å². The second kappa shape index (κ2) is 7.32. The van der Waals surface area contributed by atoms with Crippen LogP contribution in [0.2, 0.25) is 0 Å². The number of anilines is 2. The summed E-state index contributed by atoms with van der Waals surface area (Å²) in [5, 5.41) is 2.59. The SMILES string of the molecule is O=C(Nc1cc(N2CC=CCC2)nc2nc(=O)on12)OCc1ccccc1. The minimum Gasteiger partial charge on any atom is -0.444 e. The Hall–Kier alpha value is -3.62. The van der Waals surface area contributed by atoms with Crippen LogP contribution in [-0.2, 0) is 11.3 Å². The molecule has 0 spiro atoms. The Labute approximate surface area is 153 Å². The topological polar surface area (TPSA) is 102 Å². The molecule has 0 unspecified atom stereocenters. The molecule has 1 aliphatic heterocycles. The maximum atomic E-state index is 12.2. The molecule has 4 rings (SSSR count). The fourth-order valence-electron chi connectivity index (χ4n) is 2.77. The van der Waals surface area contributed by atoms with Gasteiger partial charge in [-0.05, 0) is 12.0 Å². The molecule has 27 heavy (non-hydrogen) atoms. The minimum atomic E-state index is -0.793. The van der Waals surface area contributed by atoms with Crippen molar-refractivity contribution in [3.8, 4) is 0 Å². The largest absolute Gasteiger partial charge is 0.461 e. The standard InChI is InChI=1S/C18H17N5O4/c24-17(26-12-13-7-3-1-4-8-13)20-15-11-14(22-9-5-2-6-10-22)19-16-21-18(25)27-23(15)16/h1-5,7-8,11H,6,9-10,12H2,(H,20,24). The van der Waals surface area contributed by atoms with Gasteiger partial charge in [-0.2, -0.15) is 4.98 Å². The first-order valence-corrected chi connectivity index (χ1v) is 8.48. The molecule has 0 aliphatic carbocycles. The molecule has 3 heterocycles. The lowest BCUT2D eigenvalue weighted by Crippen LogP contribution is -2.28. The number of hydrogen-bond acceptors (Lipinski definition) is 7. The maximum Gasteiger partial charge on any atom is 0.461 e. The Kier molecular flexibility index (Phi) is 4.56. The number of amides is 1. The van der Waals surface area contributed by atoms with Crippen molar-refractivity contribution in [2.45, 2.75) is 13.0 Å². The zero-order chi connectivity index (χ0) is 18.6. The highest BCUT2D eigenvalue weighted by molar-refractivity contribution is 5.84. The minimum absolute atomic E-state index is 0.0745. The molecule has 1 aromatic carbocycles. The van der Waals surface area contributed by atoms with Gasteiger partial charge in [0.25, 0.3) is 5.78 Å². The first-order valence-electron chi connectivity index (χ1n) is 8.48. The van der Waals surface area contributed by atoms with Crippen molar-refractivity contribution in [1.82, 2.24) is 14.5 Å². The highest BCUT2D eigenvalue weighted by atomic mass is 16.6. The van der Waals surface area contributed by atoms with Gasteiger partial charge < -0.3 is 14.2 Å². The molecule has 0 atom stereocenters. The van der Waals surface area contributed by atoms with Gasteiger partial charge in [-0.15, -0.1) is 9.56 Å². The lowest BCUT2D eigenvalue weighted by atomic mass is 10.2. The summed E-state index contributed by atoms with van der Waals surface area (Å²) in [5.41, 5.74) is 0.863. The number of benzene rings is 1. The summed E-state index contributed by atoms with van der Waals surface area (Å²) in [6.07, 6.45) is 4.34. The third kappa shape index (κ3) is 3.81. The van der Waals surface area contributed by atoms with Crippen LogP contribution in [0.25, 0.3) is 5.78 Å². The molecule has 3 aromatic rings. The van der Waals surface area contributed by atoms with E-state index >= 15 is 0 Å².